The van der Waals surface area contributed by atoms with Crippen molar-refractivity contribution in [2.45, 2.75) is 6.92 Å². The van der Waals surface area contributed by atoms with Gasteiger partial charge in [-0.15, -0.1) is 10.2 Å². The van der Waals surface area contributed by atoms with Crippen molar-refractivity contribution in [3.8, 4) is 11.3 Å². The summed E-state index contributed by atoms with van der Waals surface area (Å²) in [4.78, 5) is 14.2. The summed E-state index contributed by atoms with van der Waals surface area (Å²) in [7, 11) is -4.94. The van der Waals surface area contributed by atoms with Crippen LogP contribution in [0.3, 0.4) is 0 Å². The average molecular weight is 428 g/mol. The van der Waals surface area contributed by atoms with E-state index in [2.05, 4.69) is 35.3 Å². The van der Waals surface area contributed by atoms with E-state index in [1.165, 1.54) is 5.39 Å². The molecule has 5 rings (SSSR count). The molecule has 0 saturated heterocycles. The van der Waals surface area contributed by atoms with Gasteiger partial charge in [-0.25, -0.2) is 27.8 Å². The van der Waals surface area contributed by atoms with E-state index in [4.69, 9.17) is 27.5 Å². The van der Waals surface area contributed by atoms with Gasteiger partial charge in [0.15, 0.2) is 5.58 Å². The monoisotopic (exact) mass is 427 g/mol. The molecule has 8 nitrogen and oxygen atoms in total. The Morgan fingerprint density at radius 2 is 1.60 bits per heavy atom. The minimum atomic E-state index is -4.94. The number of hydrogen-bond acceptors (Lipinski definition) is 6. The van der Waals surface area contributed by atoms with Gasteiger partial charge in [0.25, 0.3) is 0 Å². The van der Waals surface area contributed by atoms with Crippen molar-refractivity contribution >= 4 is 32.6 Å². The summed E-state index contributed by atoms with van der Waals surface area (Å²) < 4.78 is 45.2. The smallest absolute Gasteiger partial charge is 0.408 e. The maximum absolute atomic E-state index is 11.5. The zero-order valence-electron chi connectivity index (χ0n) is 15.5. The van der Waals surface area contributed by atoms with Crippen LogP contribution in [-0.2, 0) is 0 Å². The van der Waals surface area contributed by atoms with Crippen LogP contribution in [0.4, 0.5) is 0 Å². The summed E-state index contributed by atoms with van der Waals surface area (Å²) in [6.07, 6.45) is 0. The molecular weight excluding hydrogens is 414 g/mol. The Bertz CT molecular complexity index is 1430. The van der Waals surface area contributed by atoms with Crippen molar-refractivity contribution < 1.29 is 37.7 Å². The zero-order chi connectivity index (χ0) is 21.5. The molecule has 0 amide bonds. The Labute approximate surface area is 171 Å². The molecule has 0 aliphatic carbocycles. The van der Waals surface area contributed by atoms with E-state index in [1.807, 2.05) is 37.3 Å². The Balaban J connectivity index is 0.000000393. The van der Waals surface area contributed by atoms with Crippen LogP contribution in [0.5, 0.6) is 0 Å². The molecule has 0 bridgehead atoms. The van der Waals surface area contributed by atoms with Gasteiger partial charge in [-0.2, -0.15) is 0 Å². The number of aromatic nitrogens is 1. The minimum Gasteiger partial charge on any atom is -0.408 e. The lowest BCUT2D eigenvalue weighted by atomic mass is 10.0. The standard InChI is InChI=1S/C21H13NO3.ClHO4/c1-12-8-16-10-18-19(25-21(23)22-18)11-17(16)20(24-12)15-7-6-13-4-2-3-5-14(13)9-15;2-1(3,4)5/h2-11H,1H3;(H,2,3,4,5). The first-order valence-corrected chi connectivity index (χ1v) is 9.92. The fraction of sp³-hybridized carbons (Fsp3) is 0.0476. The van der Waals surface area contributed by atoms with Crippen LogP contribution in [-0.4, -0.2) is 4.98 Å². The number of nitrogens with one attached hydrogen (secondary N) is 1. The van der Waals surface area contributed by atoms with Gasteiger partial charge in [0.2, 0.25) is 0 Å². The van der Waals surface area contributed by atoms with E-state index in [1.54, 1.807) is 0 Å². The second kappa shape index (κ2) is 7.52. The summed E-state index contributed by atoms with van der Waals surface area (Å²) in [5.74, 6) is 1.12. The van der Waals surface area contributed by atoms with E-state index in [0.29, 0.717) is 11.1 Å². The Hall–Kier alpha value is -3.27. The van der Waals surface area contributed by atoms with Crippen LogP contribution in [0.1, 0.15) is 5.76 Å². The third-order valence-corrected chi connectivity index (χ3v) is 4.47. The Morgan fingerprint density at radius 1 is 0.900 bits per heavy atom. The molecule has 2 heterocycles. The third kappa shape index (κ3) is 4.33. The van der Waals surface area contributed by atoms with Gasteiger partial charge >= 0.3 is 17.3 Å². The van der Waals surface area contributed by atoms with Crippen LogP contribution < -0.4 is 24.4 Å². The number of benzene rings is 3. The lowest BCUT2D eigenvalue weighted by molar-refractivity contribution is -2.00. The predicted octanol–water partition coefficient (Wildman–Crippen LogP) is 0.521. The molecule has 30 heavy (non-hydrogen) atoms. The van der Waals surface area contributed by atoms with E-state index in [9.17, 15) is 4.79 Å². The molecule has 1 N–H and O–H groups in total. The molecule has 2 aromatic heterocycles. The Kier molecular flexibility index (Phi) is 5.02. The van der Waals surface area contributed by atoms with E-state index in [0.717, 1.165) is 33.2 Å². The number of H-pyrrole nitrogens is 1. The summed E-state index contributed by atoms with van der Waals surface area (Å²) in [6.45, 7) is 1.92. The number of fused-ring (bicyclic) bond motifs is 3. The van der Waals surface area contributed by atoms with Crippen molar-refractivity contribution in [2.24, 2.45) is 0 Å². The second-order valence-electron chi connectivity index (χ2n) is 6.58. The topological polar surface area (TPSA) is 150 Å². The van der Waals surface area contributed by atoms with Crippen molar-refractivity contribution in [1.29, 1.82) is 0 Å². The zero-order valence-corrected chi connectivity index (χ0v) is 16.3. The van der Waals surface area contributed by atoms with Gasteiger partial charge in [-0.1, -0.05) is 30.3 Å². The quantitative estimate of drug-likeness (QED) is 0.383. The molecular formula is C21H14ClNO7. The van der Waals surface area contributed by atoms with Crippen LogP contribution in [0, 0.1) is 17.2 Å². The average Bonchev–Trinajstić information content (AvgIpc) is 3.03. The highest BCUT2D eigenvalue weighted by atomic mass is 35.7. The van der Waals surface area contributed by atoms with Crippen molar-refractivity contribution in [1.82, 2.24) is 4.98 Å². The van der Waals surface area contributed by atoms with Gasteiger partial charge in [0, 0.05) is 17.5 Å². The van der Waals surface area contributed by atoms with Gasteiger partial charge in [0.1, 0.15) is 0 Å². The van der Waals surface area contributed by atoms with Crippen LogP contribution >= 0.6 is 0 Å². The van der Waals surface area contributed by atoms with Crippen LogP contribution in [0.2, 0.25) is 0 Å². The number of aryl methyl sites for hydroxylation is 1. The number of rotatable bonds is 1. The normalized spacial score (nSPS) is 11.6. The molecule has 0 aliphatic rings. The highest BCUT2D eigenvalue weighted by molar-refractivity contribution is 6.01. The summed E-state index contributed by atoms with van der Waals surface area (Å²) in [5.41, 5.74) is 2.20. The SMILES string of the molecule is Cc1cc2cc3[nH]c(=O)oc3cc2c(-c2ccc3ccccc3c2)[o+]1.[O-][Cl+3]([O-])([O-])[O-]. The van der Waals surface area contributed by atoms with Gasteiger partial charge < -0.3 is 4.42 Å². The maximum atomic E-state index is 11.5. The molecule has 152 valence electrons. The number of aromatic amines is 1. The van der Waals surface area contributed by atoms with Gasteiger partial charge in [-0.3, -0.25) is 4.98 Å². The Morgan fingerprint density at radius 3 is 2.33 bits per heavy atom. The van der Waals surface area contributed by atoms with Crippen molar-refractivity contribution in [3.05, 3.63) is 77.0 Å². The van der Waals surface area contributed by atoms with Crippen LogP contribution in [0.25, 0.3) is 44.0 Å². The summed E-state index contributed by atoms with van der Waals surface area (Å²) in [6, 6.07) is 20.2. The maximum Gasteiger partial charge on any atom is 0.417 e. The first-order chi connectivity index (χ1) is 14.2. The van der Waals surface area contributed by atoms with E-state index >= 15 is 0 Å². The first-order valence-electron chi connectivity index (χ1n) is 8.69. The lowest BCUT2D eigenvalue weighted by Gasteiger charge is -2.17. The molecule has 0 aliphatic heterocycles. The molecule has 0 atom stereocenters. The fourth-order valence-corrected chi connectivity index (χ4v) is 3.34. The molecule has 5 aromatic rings. The number of hydrogen-bond donors (Lipinski definition) is 1. The molecule has 0 spiro atoms. The highest BCUT2D eigenvalue weighted by Gasteiger charge is 2.21. The molecule has 0 radical (unpaired) electrons. The predicted molar refractivity (Wildman–Crippen MR) is 98.7 cm³/mol. The first kappa shape index (κ1) is 20.0. The second-order valence-corrected chi connectivity index (χ2v) is 7.33. The molecule has 0 saturated carbocycles. The summed E-state index contributed by atoms with van der Waals surface area (Å²) in [5, 5.41) is 4.24. The van der Waals surface area contributed by atoms with Crippen LogP contribution in [0.15, 0.2) is 74.3 Å². The van der Waals surface area contributed by atoms with Gasteiger partial charge in [-0.05, 0) is 29.0 Å². The number of halogens is 1. The van der Waals surface area contributed by atoms with E-state index in [-0.39, 0.29) is 0 Å². The lowest BCUT2D eigenvalue weighted by Crippen LogP contribution is -2.68. The molecule has 0 fully saturated rings. The molecule has 3 aromatic carbocycles. The minimum absolute atomic E-state index is 0.453. The molecule has 9 heteroatoms. The van der Waals surface area contributed by atoms with Crippen molar-refractivity contribution in [3.63, 3.8) is 0 Å². The van der Waals surface area contributed by atoms with E-state index < -0.39 is 16.0 Å². The molecule has 0 unspecified atom stereocenters. The largest absolute Gasteiger partial charge is 0.417 e. The highest BCUT2D eigenvalue weighted by Crippen LogP contribution is 2.34. The third-order valence-electron chi connectivity index (χ3n) is 4.47. The summed E-state index contributed by atoms with van der Waals surface area (Å²) >= 11 is 0. The van der Waals surface area contributed by atoms with Crippen molar-refractivity contribution in [2.75, 3.05) is 0 Å². The number of oxazole rings is 1. The fourth-order valence-electron chi connectivity index (χ4n) is 3.34. The van der Waals surface area contributed by atoms with Gasteiger partial charge in [0.05, 0.1) is 23.4 Å².